The fourth-order valence-corrected chi connectivity index (χ4v) is 6.95. The van der Waals surface area contributed by atoms with E-state index in [1.807, 2.05) is 36.4 Å². The summed E-state index contributed by atoms with van der Waals surface area (Å²) in [6.07, 6.45) is -2.70. The van der Waals surface area contributed by atoms with Gasteiger partial charge in [-0.2, -0.15) is 9.97 Å². The number of hydrogen-bond donors (Lipinski definition) is 6. The van der Waals surface area contributed by atoms with Crippen LogP contribution in [0.15, 0.2) is 48.5 Å². The van der Waals surface area contributed by atoms with Crippen molar-refractivity contribution in [1.82, 2.24) is 20.6 Å². The van der Waals surface area contributed by atoms with E-state index in [1.54, 1.807) is 0 Å². The minimum atomic E-state index is -1.06. The average Bonchev–Trinajstić information content (AvgIpc) is 3.11. The molecule has 290 valence electrons. The van der Waals surface area contributed by atoms with E-state index in [-0.39, 0.29) is 39.1 Å². The predicted octanol–water partition coefficient (Wildman–Crippen LogP) is 5.00. The number of aliphatic hydroxyl groups excluding tert-OH is 2. The number of carboxylic acids is 2. The van der Waals surface area contributed by atoms with E-state index >= 15 is 0 Å². The van der Waals surface area contributed by atoms with Gasteiger partial charge in [-0.1, -0.05) is 36.4 Å². The molecular weight excluding hydrogens is 926 g/mol. The number of aliphatic carboxylic acids is 2. The fraction of sp³-hybridized carbons (Fsp3) is 0.368. The second-order valence-corrected chi connectivity index (χ2v) is 14.7. The molecule has 0 bridgehead atoms. The van der Waals surface area contributed by atoms with Crippen molar-refractivity contribution in [2.75, 3.05) is 27.3 Å². The van der Waals surface area contributed by atoms with E-state index in [1.165, 1.54) is 14.2 Å². The summed E-state index contributed by atoms with van der Waals surface area (Å²) in [5, 5.41) is 43.5. The second kappa shape index (κ2) is 20.7. The normalized spacial score (nSPS) is 12.2. The van der Waals surface area contributed by atoms with Crippen LogP contribution in [0.1, 0.15) is 46.2 Å². The summed E-state index contributed by atoms with van der Waals surface area (Å²) in [7, 11) is 3.03. The Balaban J connectivity index is 1.43. The Labute approximate surface area is 340 Å². The van der Waals surface area contributed by atoms with Gasteiger partial charge in [0.25, 0.3) is 0 Å². The van der Waals surface area contributed by atoms with Gasteiger partial charge in [0.05, 0.1) is 46.4 Å². The lowest BCUT2D eigenvalue weighted by atomic mass is 9.92. The maximum absolute atomic E-state index is 10.8. The largest absolute Gasteiger partial charge is 0.481 e. The molecule has 0 fully saturated rings. The van der Waals surface area contributed by atoms with Crippen molar-refractivity contribution in [2.45, 2.75) is 65.2 Å². The third-order valence-electron chi connectivity index (χ3n) is 8.48. The van der Waals surface area contributed by atoms with Crippen LogP contribution in [0.3, 0.4) is 0 Å². The molecule has 4 rings (SSSR count). The Morgan fingerprint density at radius 2 is 1.06 bits per heavy atom. The van der Waals surface area contributed by atoms with Crippen molar-refractivity contribution < 1.29 is 49.0 Å². The monoisotopic (exact) mass is 970 g/mol. The lowest BCUT2D eigenvalue weighted by molar-refractivity contribution is -0.140. The number of aromatic nitrogens is 2. The number of aliphatic hydroxyl groups is 2. The second-order valence-electron chi connectivity index (χ2n) is 12.4. The van der Waals surface area contributed by atoms with Crippen LogP contribution in [0.4, 0.5) is 0 Å². The number of carboxylic acid groups (broad SMARTS) is 2. The third-order valence-corrected chi connectivity index (χ3v) is 10.0. The molecule has 2 aromatic heterocycles. The predicted molar refractivity (Wildman–Crippen MR) is 217 cm³/mol. The first kappa shape index (κ1) is 42.9. The van der Waals surface area contributed by atoms with Gasteiger partial charge in [0.2, 0.25) is 23.5 Å². The molecule has 14 nitrogen and oxygen atoms in total. The summed E-state index contributed by atoms with van der Waals surface area (Å²) >= 11 is 4.31. The van der Waals surface area contributed by atoms with Gasteiger partial charge in [-0.3, -0.25) is 9.59 Å². The zero-order chi connectivity index (χ0) is 39.4. The maximum Gasteiger partial charge on any atom is 0.306 e. The molecule has 0 aliphatic carbocycles. The smallest absolute Gasteiger partial charge is 0.306 e. The van der Waals surface area contributed by atoms with E-state index < -0.39 is 24.1 Å². The Hall–Kier alpha value is -3.82. The lowest BCUT2D eigenvalue weighted by Crippen LogP contribution is -2.28. The highest BCUT2D eigenvalue weighted by molar-refractivity contribution is 14.1. The number of methoxy groups -OCH3 is 2. The molecule has 0 saturated heterocycles. The lowest BCUT2D eigenvalue weighted by Gasteiger charge is -2.18. The number of halogens is 2. The zero-order valence-corrected chi connectivity index (χ0v) is 34.6. The van der Waals surface area contributed by atoms with Crippen molar-refractivity contribution >= 4 is 57.1 Å². The van der Waals surface area contributed by atoms with Gasteiger partial charge in [0, 0.05) is 37.3 Å². The van der Waals surface area contributed by atoms with Crippen molar-refractivity contribution in [1.29, 1.82) is 0 Å². The molecule has 54 heavy (non-hydrogen) atoms. The Morgan fingerprint density at radius 1 is 0.667 bits per heavy atom. The van der Waals surface area contributed by atoms with Crippen LogP contribution >= 0.6 is 45.2 Å². The van der Waals surface area contributed by atoms with Gasteiger partial charge in [-0.05, 0) is 105 Å². The molecular formula is C38H44I2N4O10. The van der Waals surface area contributed by atoms with Crippen LogP contribution in [0.2, 0.25) is 0 Å². The number of hydrogen-bond acceptors (Lipinski definition) is 12. The first-order chi connectivity index (χ1) is 25.8. The highest BCUT2D eigenvalue weighted by Gasteiger charge is 2.18. The van der Waals surface area contributed by atoms with E-state index in [9.17, 15) is 19.8 Å². The topological polar surface area (TPSA) is 202 Å². The van der Waals surface area contributed by atoms with Crippen LogP contribution in [-0.4, -0.2) is 81.8 Å². The van der Waals surface area contributed by atoms with Crippen LogP contribution in [-0.2, 0) is 35.9 Å². The van der Waals surface area contributed by atoms with Crippen molar-refractivity contribution in [3.05, 3.63) is 89.1 Å². The van der Waals surface area contributed by atoms with E-state index in [0.717, 1.165) is 51.6 Å². The maximum atomic E-state index is 10.8. The molecule has 16 heteroatoms. The van der Waals surface area contributed by atoms with Gasteiger partial charge in [-0.25, -0.2) is 0 Å². The fourth-order valence-electron chi connectivity index (χ4n) is 5.65. The van der Waals surface area contributed by atoms with Gasteiger partial charge in [-0.15, -0.1) is 0 Å². The summed E-state index contributed by atoms with van der Waals surface area (Å²) in [4.78, 5) is 30.8. The van der Waals surface area contributed by atoms with Crippen LogP contribution in [0, 0.1) is 21.0 Å². The van der Waals surface area contributed by atoms with E-state index in [0.29, 0.717) is 36.6 Å². The van der Waals surface area contributed by atoms with Crippen LogP contribution in [0.25, 0.3) is 11.1 Å². The number of carbonyl (C=O) groups is 2. The molecule has 0 aliphatic heterocycles. The SMILES string of the molecule is COc1nc(OCc2cccc(-c3cccc(COc4nc(OC)c(CNC[C@@H](O)CC(=O)O)cc4I)c3C)c2C)c(I)cc1CNC[C@@H](O)CC(=O)O. The first-order valence-corrected chi connectivity index (χ1v) is 19.1. The molecule has 6 N–H and O–H groups in total. The quantitative estimate of drug-likeness (QED) is 0.0610. The molecule has 0 aliphatic rings. The number of pyridine rings is 2. The summed E-state index contributed by atoms with van der Waals surface area (Å²) in [5.41, 5.74) is 7.70. The summed E-state index contributed by atoms with van der Waals surface area (Å²) < 4.78 is 25.0. The molecule has 2 aromatic carbocycles. The molecule has 2 heterocycles. The number of rotatable bonds is 21. The minimum absolute atomic E-state index is 0.113. The molecule has 0 spiro atoms. The minimum Gasteiger partial charge on any atom is -0.481 e. The van der Waals surface area contributed by atoms with Gasteiger partial charge < -0.3 is 50.0 Å². The summed E-state index contributed by atoms with van der Waals surface area (Å²) in [6.45, 7) is 5.54. The Morgan fingerprint density at radius 3 is 1.41 bits per heavy atom. The Kier molecular flexibility index (Phi) is 16.5. The molecule has 4 aromatic rings. The highest BCUT2D eigenvalue weighted by atomic mass is 127. The van der Waals surface area contributed by atoms with Crippen molar-refractivity contribution in [3.63, 3.8) is 0 Å². The summed E-state index contributed by atoms with van der Waals surface area (Å²) in [5.74, 6) is -0.556. The zero-order valence-electron chi connectivity index (χ0n) is 30.3. The number of ether oxygens (including phenoxy) is 4. The van der Waals surface area contributed by atoms with E-state index in [4.69, 9.17) is 29.2 Å². The van der Waals surface area contributed by atoms with Gasteiger partial charge in [0.1, 0.15) is 13.2 Å². The van der Waals surface area contributed by atoms with Gasteiger partial charge >= 0.3 is 11.9 Å². The molecule has 0 amide bonds. The first-order valence-electron chi connectivity index (χ1n) is 16.9. The standard InChI is InChI=1S/C38H44I2N4O10/c1-21-23(19-53-37-31(39)11-25(35(43-37)51-3)15-41-17-27(45)13-33(47)48)7-5-9-29(21)30-10-6-8-24(22(30)2)20-54-38-32(40)12-26(36(44-38)52-4)16-42-18-28(46)14-34(49)50/h5-12,27-28,41-42,45-46H,13-20H2,1-4H3,(H,47,48)(H,49,50)/t27-,28-/m0/s1. The van der Waals surface area contributed by atoms with Crippen molar-refractivity contribution in [3.8, 4) is 34.6 Å². The molecule has 0 unspecified atom stereocenters. The van der Waals surface area contributed by atoms with Gasteiger partial charge in [0.15, 0.2) is 0 Å². The third kappa shape index (κ3) is 12.1. The number of nitrogens with zero attached hydrogens (tertiary/aromatic N) is 2. The molecule has 0 radical (unpaired) electrons. The molecule has 0 saturated carbocycles. The summed E-state index contributed by atoms with van der Waals surface area (Å²) in [6, 6.07) is 16.0. The highest BCUT2D eigenvalue weighted by Crippen LogP contribution is 2.33. The molecule has 2 atom stereocenters. The number of benzene rings is 2. The number of nitrogens with one attached hydrogen (secondary N) is 2. The Bertz CT molecular complexity index is 1790. The van der Waals surface area contributed by atoms with Crippen LogP contribution < -0.4 is 29.6 Å². The van der Waals surface area contributed by atoms with E-state index in [2.05, 4.69) is 91.8 Å². The average molecular weight is 971 g/mol. The van der Waals surface area contributed by atoms with Crippen molar-refractivity contribution in [2.24, 2.45) is 0 Å². The van der Waals surface area contributed by atoms with Crippen LogP contribution in [0.5, 0.6) is 23.5 Å².